The van der Waals surface area contributed by atoms with Crippen LogP contribution in [0.4, 0.5) is 0 Å². The van der Waals surface area contributed by atoms with Gasteiger partial charge < -0.3 is 4.74 Å². The standard InChI is InChI=1S/C11H9BrINO2/c1-2-16-11(15)5-7-8(6-14)9(12)3-4-10(7)13/h3-4H,2,5H2,1H3. The van der Waals surface area contributed by atoms with E-state index in [0.29, 0.717) is 16.6 Å². The van der Waals surface area contributed by atoms with Crippen molar-refractivity contribution in [1.82, 2.24) is 0 Å². The van der Waals surface area contributed by atoms with Gasteiger partial charge in [0, 0.05) is 8.04 Å². The smallest absolute Gasteiger partial charge is 0.310 e. The molecule has 1 aromatic rings. The molecule has 1 rings (SSSR count). The molecule has 0 saturated carbocycles. The van der Waals surface area contributed by atoms with E-state index in [-0.39, 0.29) is 12.4 Å². The molecule has 0 saturated heterocycles. The number of benzene rings is 1. The number of hydrogen-bond donors (Lipinski definition) is 0. The summed E-state index contributed by atoms with van der Waals surface area (Å²) < 4.78 is 6.47. The minimum absolute atomic E-state index is 0.133. The van der Waals surface area contributed by atoms with Gasteiger partial charge >= 0.3 is 5.97 Å². The van der Waals surface area contributed by atoms with Gasteiger partial charge in [-0.1, -0.05) is 0 Å². The lowest BCUT2D eigenvalue weighted by Gasteiger charge is -2.08. The summed E-state index contributed by atoms with van der Waals surface area (Å²) in [5.74, 6) is -0.310. The molecule has 0 aliphatic carbocycles. The topological polar surface area (TPSA) is 50.1 Å². The van der Waals surface area contributed by atoms with Gasteiger partial charge in [-0.15, -0.1) is 0 Å². The quantitative estimate of drug-likeness (QED) is 0.585. The van der Waals surface area contributed by atoms with Gasteiger partial charge in [0.25, 0.3) is 0 Å². The summed E-state index contributed by atoms with van der Waals surface area (Å²) in [6, 6.07) is 5.75. The number of halogens is 2. The zero-order chi connectivity index (χ0) is 12.1. The summed E-state index contributed by atoms with van der Waals surface area (Å²) >= 11 is 5.40. The second kappa shape index (κ2) is 6.21. The fourth-order valence-electron chi connectivity index (χ4n) is 1.24. The molecule has 0 aliphatic heterocycles. The van der Waals surface area contributed by atoms with E-state index in [9.17, 15) is 4.79 Å². The van der Waals surface area contributed by atoms with Crippen LogP contribution in [0.2, 0.25) is 0 Å². The minimum atomic E-state index is -0.310. The van der Waals surface area contributed by atoms with Crippen LogP contribution in [0.1, 0.15) is 18.1 Å². The molecule has 0 spiro atoms. The average molecular weight is 394 g/mol. The van der Waals surface area contributed by atoms with Crippen molar-refractivity contribution in [2.45, 2.75) is 13.3 Å². The Morgan fingerprint density at radius 2 is 2.31 bits per heavy atom. The first kappa shape index (κ1) is 13.5. The molecule has 0 heterocycles. The molecule has 0 unspecified atom stereocenters. The van der Waals surface area contributed by atoms with Crippen molar-refractivity contribution in [2.75, 3.05) is 6.61 Å². The largest absolute Gasteiger partial charge is 0.466 e. The highest BCUT2D eigenvalue weighted by Crippen LogP contribution is 2.25. The van der Waals surface area contributed by atoms with Crippen LogP contribution in [0.3, 0.4) is 0 Å². The monoisotopic (exact) mass is 393 g/mol. The number of nitrogens with zero attached hydrogens (tertiary/aromatic N) is 1. The molecule has 0 amide bonds. The minimum Gasteiger partial charge on any atom is -0.466 e. The lowest BCUT2D eigenvalue weighted by Crippen LogP contribution is -2.10. The fraction of sp³-hybridized carbons (Fsp3) is 0.273. The maximum atomic E-state index is 11.4. The Balaban J connectivity index is 3.08. The Bertz CT molecular complexity index is 454. The number of esters is 1. The Hall–Kier alpha value is -0.610. The normalized spacial score (nSPS) is 9.62. The summed E-state index contributed by atoms with van der Waals surface area (Å²) in [6.45, 7) is 2.11. The van der Waals surface area contributed by atoms with Crippen LogP contribution in [-0.2, 0) is 16.0 Å². The molecule has 16 heavy (non-hydrogen) atoms. The molecule has 0 atom stereocenters. The predicted octanol–water partition coefficient (Wildman–Crippen LogP) is 3.03. The highest BCUT2D eigenvalue weighted by atomic mass is 127. The van der Waals surface area contributed by atoms with E-state index in [2.05, 4.69) is 44.6 Å². The SMILES string of the molecule is CCOC(=O)Cc1c(I)ccc(Br)c1C#N. The lowest BCUT2D eigenvalue weighted by molar-refractivity contribution is -0.142. The van der Waals surface area contributed by atoms with Gasteiger partial charge in [0.1, 0.15) is 6.07 Å². The van der Waals surface area contributed by atoms with Crippen LogP contribution in [0, 0.1) is 14.9 Å². The highest BCUT2D eigenvalue weighted by molar-refractivity contribution is 14.1. The van der Waals surface area contributed by atoms with Crippen molar-refractivity contribution in [3.05, 3.63) is 31.3 Å². The predicted molar refractivity (Wildman–Crippen MR) is 71.9 cm³/mol. The molecule has 0 aliphatic rings. The molecule has 3 nitrogen and oxygen atoms in total. The van der Waals surface area contributed by atoms with Crippen LogP contribution >= 0.6 is 38.5 Å². The molecular formula is C11H9BrINO2. The van der Waals surface area contributed by atoms with E-state index in [4.69, 9.17) is 10.00 Å². The molecule has 84 valence electrons. The zero-order valence-electron chi connectivity index (χ0n) is 8.59. The first-order valence-electron chi connectivity index (χ1n) is 4.62. The highest BCUT2D eigenvalue weighted by Gasteiger charge is 2.14. The fourth-order valence-corrected chi connectivity index (χ4v) is 2.34. The van der Waals surface area contributed by atoms with Crippen molar-refractivity contribution in [2.24, 2.45) is 0 Å². The third-order valence-electron chi connectivity index (χ3n) is 1.94. The second-order valence-corrected chi connectivity index (χ2v) is 4.99. The summed E-state index contributed by atoms with van der Waals surface area (Å²) in [6.07, 6.45) is 0.133. The molecule has 5 heteroatoms. The van der Waals surface area contributed by atoms with Crippen LogP contribution in [-0.4, -0.2) is 12.6 Å². The van der Waals surface area contributed by atoms with E-state index in [0.717, 1.165) is 9.13 Å². The Labute approximate surface area is 116 Å². The maximum absolute atomic E-state index is 11.4. The van der Waals surface area contributed by atoms with Gasteiger partial charge in [-0.05, 0) is 63.1 Å². The molecule has 1 aromatic carbocycles. The zero-order valence-corrected chi connectivity index (χ0v) is 12.3. The number of ether oxygens (including phenoxy) is 1. The van der Waals surface area contributed by atoms with Crippen molar-refractivity contribution in [3.63, 3.8) is 0 Å². The maximum Gasteiger partial charge on any atom is 0.310 e. The van der Waals surface area contributed by atoms with Gasteiger partial charge in [0.05, 0.1) is 18.6 Å². The third-order valence-corrected chi connectivity index (χ3v) is 3.61. The van der Waals surface area contributed by atoms with E-state index in [1.165, 1.54) is 0 Å². The Morgan fingerprint density at radius 1 is 1.62 bits per heavy atom. The number of carbonyl (C=O) groups excluding carboxylic acids is 1. The van der Waals surface area contributed by atoms with Crippen molar-refractivity contribution in [1.29, 1.82) is 5.26 Å². The Morgan fingerprint density at radius 3 is 2.88 bits per heavy atom. The van der Waals surface area contributed by atoms with E-state index >= 15 is 0 Å². The molecule has 0 aromatic heterocycles. The van der Waals surface area contributed by atoms with Crippen molar-refractivity contribution < 1.29 is 9.53 Å². The van der Waals surface area contributed by atoms with Crippen molar-refractivity contribution >= 4 is 44.5 Å². The number of hydrogen-bond acceptors (Lipinski definition) is 3. The van der Waals surface area contributed by atoms with Gasteiger partial charge in [-0.25, -0.2) is 0 Å². The molecular weight excluding hydrogens is 385 g/mol. The van der Waals surface area contributed by atoms with Gasteiger partial charge in [-0.3, -0.25) is 4.79 Å². The van der Waals surface area contributed by atoms with Crippen LogP contribution in [0.5, 0.6) is 0 Å². The molecule has 0 N–H and O–H groups in total. The molecule has 0 fully saturated rings. The van der Waals surface area contributed by atoms with Gasteiger partial charge in [0.2, 0.25) is 0 Å². The van der Waals surface area contributed by atoms with Crippen LogP contribution in [0.15, 0.2) is 16.6 Å². The summed E-state index contributed by atoms with van der Waals surface area (Å²) in [5.41, 5.74) is 1.22. The third kappa shape index (κ3) is 3.19. The summed E-state index contributed by atoms with van der Waals surface area (Å²) in [5, 5.41) is 9.03. The number of nitriles is 1. The lowest BCUT2D eigenvalue weighted by atomic mass is 10.1. The van der Waals surface area contributed by atoms with Crippen LogP contribution < -0.4 is 0 Å². The summed E-state index contributed by atoms with van der Waals surface area (Å²) in [7, 11) is 0. The molecule has 0 radical (unpaired) electrons. The summed E-state index contributed by atoms with van der Waals surface area (Å²) in [4.78, 5) is 11.4. The Kier molecular flexibility index (Phi) is 5.22. The van der Waals surface area contributed by atoms with Gasteiger partial charge in [0.15, 0.2) is 0 Å². The van der Waals surface area contributed by atoms with E-state index < -0.39 is 0 Å². The van der Waals surface area contributed by atoms with Crippen LogP contribution in [0.25, 0.3) is 0 Å². The average Bonchev–Trinajstić information content (AvgIpc) is 2.24. The first-order chi connectivity index (χ1) is 7.60. The van der Waals surface area contributed by atoms with Crippen molar-refractivity contribution in [3.8, 4) is 6.07 Å². The second-order valence-electron chi connectivity index (χ2n) is 2.98. The van der Waals surface area contributed by atoms with E-state index in [1.54, 1.807) is 13.0 Å². The molecule has 0 bridgehead atoms. The number of rotatable bonds is 3. The van der Waals surface area contributed by atoms with E-state index in [1.807, 2.05) is 6.07 Å². The van der Waals surface area contributed by atoms with Gasteiger partial charge in [-0.2, -0.15) is 5.26 Å². The first-order valence-corrected chi connectivity index (χ1v) is 6.50. The number of carbonyl (C=O) groups is 1.